The molecule has 1 heterocycles. The Morgan fingerprint density at radius 2 is 2.00 bits per heavy atom. The minimum atomic E-state index is -0.149. The van der Waals surface area contributed by atoms with Crippen LogP contribution in [0.15, 0.2) is 36.5 Å². The summed E-state index contributed by atoms with van der Waals surface area (Å²) in [4.78, 5) is 16.7. The number of benzene rings is 1. The summed E-state index contributed by atoms with van der Waals surface area (Å²) in [7, 11) is 1.56. The van der Waals surface area contributed by atoms with E-state index in [0.717, 1.165) is 16.8 Å². The van der Waals surface area contributed by atoms with Crippen molar-refractivity contribution in [3.05, 3.63) is 58.9 Å². The van der Waals surface area contributed by atoms with Gasteiger partial charge in [0.15, 0.2) is 0 Å². The summed E-state index contributed by atoms with van der Waals surface area (Å²) < 4.78 is 5.25. The van der Waals surface area contributed by atoms with Gasteiger partial charge in [-0.1, -0.05) is 17.7 Å². The summed E-state index contributed by atoms with van der Waals surface area (Å²) in [6, 6.07) is 9.35. The van der Waals surface area contributed by atoms with E-state index >= 15 is 0 Å². The van der Waals surface area contributed by atoms with Crippen LogP contribution in [-0.4, -0.2) is 18.0 Å². The van der Waals surface area contributed by atoms with Crippen LogP contribution >= 0.6 is 0 Å². The first-order valence-corrected chi connectivity index (χ1v) is 6.89. The number of carbonyl (C=O) groups is 1. The largest absolute Gasteiger partial charge is 0.496 e. The van der Waals surface area contributed by atoms with Crippen molar-refractivity contribution < 1.29 is 9.53 Å². The number of nitrogens with zero attached hydrogens (tertiary/aromatic N) is 1. The molecule has 1 amide bonds. The monoisotopic (exact) mass is 284 g/mol. The normalized spacial score (nSPS) is 11.8. The van der Waals surface area contributed by atoms with Crippen molar-refractivity contribution in [3.8, 4) is 5.75 Å². The molecule has 0 aliphatic rings. The average Bonchev–Trinajstić information content (AvgIpc) is 2.47. The molecule has 2 rings (SSSR count). The lowest BCUT2D eigenvalue weighted by molar-refractivity contribution is 0.0936. The standard InChI is InChI=1S/C17H20N2O2/c1-11-5-8-16(21-4)15(9-11)17(20)19-13(3)14-7-6-12(2)18-10-14/h5-10,13H,1-4H3,(H,19,20). The van der Waals surface area contributed by atoms with Crippen LogP contribution in [-0.2, 0) is 0 Å². The molecule has 110 valence electrons. The summed E-state index contributed by atoms with van der Waals surface area (Å²) in [5.74, 6) is 0.427. The second-order valence-electron chi connectivity index (χ2n) is 5.13. The second kappa shape index (κ2) is 6.39. The van der Waals surface area contributed by atoms with E-state index in [1.807, 2.05) is 51.1 Å². The quantitative estimate of drug-likeness (QED) is 0.938. The van der Waals surface area contributed by atoms with Crippen molar-refractivity contribution in [3.63, 3.8) is 0 Å². The molecule has 0 radical (unpaired) electrons. The van der Waals surface area contributed by atoms with Gasteiger partial charge in [-0.15, -0.1) is 0 Å². The number of nitrogens with one attached hydrogen (secondary N) is 1. The first-order chi connectivity index (χ1) is 10.0. The summed E-state index contributed by atoms with van der Waals surface area (Å²) in [5.41, 5.74) is 3.49. The van der Waals surface area contributed by atoms with Gasteiger partial charge in [0.25, 0.3) is 5.91 Å². The lowest BCUT2D eigenvalue weighted by Crippen LogP contribution is -2.27. The van der Waals surface area contributed by atoms with Gasteiger partial charge < -0.3 is 10.1 Å². The Morgan fingerprint density at radius 1 is 1.24 bits per heavy atom. The molecule has 0 fully saturated rings. The van der Waals surface area contributed by atoms with E-state index in [-0.39, 0.29) is 11.9 Å². The molecular weight excluding hydrogens is 264 g/mol. The third kappa shape index (κ3) is 3.60. The van der Waals surface area contributed by atoms with Gasteiger partial charge in [-0.05, 0) is 44.5 Å². The average molecular weight is 284 g/mol. The fourth-order valence-corrected chi connectivity index (χ4v) is 2.09. The number of pyridine rings is 1. The van der Waals surface area contributed by atoms with Crippen LogP contribution in [0, 0.1) is 13.8 Å². The minimum Gasteiger partial charge on any atom is -0.496 e. The topological polar surface area (TPSA) is 51.2 Å². The van der Waals surface area contributed by atoms with E-state index in [4.69, 9.17) is 4.74 Å². The maximum absolute atomic E-state index is 12.4. The van der Waals surface area contributed by atoms with E-state index in [9.17, 15) is 4.79 Å². The maximum atomic E-state index is 12.4. The summed E-state index contributed by atoms with van der Waals surface area (Å²) in [6.07, 6.45) is 1.79. The van der Waals surface area contributed by atoms with Crippen LogP contribution in [0.1, 0.15) is 40.1 Å². The van der Waals surface area contributed by atoms with Gasteiger partial charge in [0.1, 0.15) is 5.75 Å². The smallest absolute Gasteiger partial charge is 0.255 e. The number of methoxy groups -OCH3 is 1. The molecule has 4 nitrogen and oxygen atoms in total. The summed E-state index contributed by atoms with van der Waals surface area (Å²) in [6.45, 7) is 5.82. The van der Waals surface area contributed by atoms with Gasteiger partial charge in [0, 0.05) is 11.9 Å². The third-order valence-corrected chi connectivity index (χ3v) is 3.38. The van der Waals surface area contributed by atoms with Crippen LogP contribution < -0.4 is 10.1 Å². The van der Waals surface area contributed by atoms with Crippen molar-refractivity contribution in [2.24, 2.45) is 0 Å². The molecule has 0 aliphatic heterocycles. The number of aromatic nitrogens is 1. The molecule has 1 unspecified atom stereocenters. The van der Waals surface area contributed by atoms with Crippen molar-refractivity contribution in [1.82, 2.24) is 10.3 Å². The van der Waals surface area contributed by atoms with Crippen LogP contribution in [0.5, 0.6) is 5.75 Å². The Hall–Kier alpha value is -2.36. The number of aryl methyl sites for hydroxylation is 2. The molecule has 2 aromatic rings. The molecule has 1 atom stereocenters. The lowest BCUT2D eigenvalue weighted by atomic mass is 10.1. The zero-order valence-corrected chi connectivity index (χ0v) is 12.8. The van der Waals surface area contributed by atoms with Crippen molar-refractivity contribution in [1.29, 1.82) is 0 Å². The molecule has 0 aliphatic carbocycles. The second-order valence-corrected chi connectivity index (χ2v) is 5.13. The maximum Gasteiger partial charge on any atom is 0.255 e. The Labute approximate surface area is 125 Å². The highest BCUT2D eigenvalue weighted by molar-refractivity contribution is 5.97. The number of hydrogen-bond acceptors (Lipinski definition) is 3. The first-order valence-electron chi connectivity index (χ1n) is 6.89. The zero-order valence-electron chi connectivity index (χ0n) is 12.8. The molecule has 0 saturated carbocycles. The first kappa shape index (κ1) is 15.0. The van der Waals surface area contributed by atoms with Gasteiger partial charge >= 0.3 is 0 Å². The summed E-state index contributed by atoms with van der Waals surface area (Å²) >= 11 is 0. The number of ether oxygens (including phenoxy) is 1. The molecule has 1 aromatic heterocycles. The SMILES string of the molecule is COc1ccc(C)cc1C(=O)NC(C)c1ccc(C)nc1. The predicted molar refractivity (Wildman–Crippen MR) is 82.6 cm³/mol. The van der Waals surface area contributed by atoms with Crippen molar-refractivity contribution >= 4 is 5.91 Å². The van der Waals surface area contributed by atoms with Crippen LogP contribution in [0.25, 0.3) is 0 Å². The van der Waals surface area contributed by atoms with Gasteiger partial charge in [0.2, 0.25) is 0 Å². The van der Waals surface area contributed by atoms with E-state index in [1.165, 1.54) is 0 Å². The van der Waals surface area contributed by atoms with Crippen molar-refractivity contribution in [2.45, 2.75) is 26.8 Å². The van der Waals surface area contributed by atoms with E-state index in [2.05, 4.69) is 10.3 Å². The Kier molecular flexibility index (Phi) is 4.58. The highest BCUT2D eigenvalue weighted by Crippen LogP contribution is 2.21. The van der Waals surface area contributed by atoms with Crippen LogP contribution in [0.4, 0.5) is 0 Å². The molecule has 1 N–H and O–H groups in total. The fraction of sp³-hybridized carbons (Fsp3) is 0.294. The van der Waals surface area contributed by atoms with E-state index in [0.29, 0.717) is 11.3 Å². The lowest BCUT2D eigenvalue weighted by Gasteiger charge is -2.16. The number of rotatable bonds is 4. The number of carbonyl (C=O) groups excluding carboxylic acids is 1. The van der Waals surface area contributed by atoms with E-state index < -0.39 is 0 Å². The Bertz CT molecular complexity index is 636. The molecular formula is C17H20N2O2. The number of hydrogen-bond donors (Lipinski definition) is 1. The fourth-order valence-electron chi connectivity index (χ4n) is 2.09. The molecule has 21 heavy (non-hydrogen) atoms. The molecule has 4 heteroatoms. The molecule has 0 spiro atoms. The Balaban J connectivity index is 2.17. The van der Waals surface area contributed by atoms with Crippen LogP contribution in [0.2, 0.25) is 0 Å². The highest BCUT2D eigenvalue weighted by atomic mass is 16.5. The summed E-state index contributed by atoms with van der Waals surface area (Å²) in [5, 5.41) is 2.97. The molecule has 0 bridgehead atoms. The Morgan fingerprint density at radius 3 is 2.62 bits per heavy atom. The number of amides is 1. The van der Waals surface area contributed by atoms with E-state index in [1.54, 1.807) is 13.3 Å². The molecule has 1 aromatic carbocycles. The van der Waals surface area contributed by atoms with Gasteiger partial charge in [-0.2, -0.15) is 0 Å². The van der Waals surface area contributed by atoms with Crippen LogP contribution in [0.3, 0.4) is 0 Å². The highest BCUT2D eigenvalue weighted by Gasteiger charge is 2.15. The minimum absolute atomic E-state index is 0.115. The molecule has 0 saturated heterocycles. The third-order valence-electron chi connectivity index (χ3n) is 3.38. The predicted octanol–water partition coefficient (Wildman–Crippen LogP) is 3.20. The van der Waals surface area contributed by atoms with Gasteiger partial charge in [-0.3, -0.25) is 9.78 Å². The van der Waals surface area contributed by atoms with Gasteiger partial charge in [0.05, 0.1) is 18.7 Å². The van der Waals surface area contributed by atoms with Gasteiger partial charge in [-0.25, -0.2) is 0 Å². The van der Waals surface area contributed by atoms with Crippen molar-refractivity contribution in [2.75, 3.05) is 7.11 Å². The zero-order chi connectivity index (χ0) is 15.4.